The molecule has 1 N–H and O–H groups in total. The van der Waals surface area contributed by atoms with Crippen LogP contribution in [0.15, 0.2) is 42.2 Å². The fourth-order valence-corrected chi connectivity index (χ4v) is 28.7. The summed E-state index contributed by atoms with van der Waals surface area (Å²) in [4.78, 5) is 0. The van der Waals surface area contributed by atoms with Gasteiger partial charge >= 0.3 is 0 Å². The molecule has 3 aliphatic heterocycles. The zero-order valence-electron chi connectivity index (χ0n) is 41.4. The van der Waals surface area contributed by atoms with E-state index >= 15 is 0 Å². The Kier molecular flexibility index (Phi) is 17.7. The number of benzene rings is 1. The first kappa shape index (κ1) is 51.7. The molecule has 0 amide bonds. The van der Waals surface area contributed by atoms with Crippen molar-refractivity contribution in [1.29, 1.82) is 0 Å². The molecule has 0 bridgehead atoms. The van der Waals surface area contributed by atoms with Crippen LogP contribution in [0, 0.1) is 0 Å². The summed E-state index contributed by atoms with van der Waals surface area (Å²) in [7, 11) is -7.40. The molecule has 0 saturated carbocycles. The van der Waals surface area contributed by atoms with Crippen LogP contribution in [-0.2, 0) is 43.6 Å². The van der Waals surface area contributed by atoms with Crippen LogP contribution in [0.4, 0.5) is 0 Å². The Morgan fingerprint density at radius 1 is 0.617 bits per heavy atom. The number of hydrogen-bond acceptors (Lipinski definition) is 9. The molecule has 3 aliphatic rings. The molecule has 0 spiro atoms. The number of hydrogen-bond donors (Lipinski definition) is 1. The summed E-state index contributed by atoms with van der Waals surface area (Å²) < 4.78 is 56.3. The predicted octanol–water partition coefficient (Wildman–Crippen LogP) is 12.4. The molecule has 0 radical (unpaired) electrons. The van der Waals surface area contributed by atoms with Crippen molar-refractivity contribution in [2.45, 2.75) is 250 Å². The summed E-state index contributed by atoms with van der Waals surface area (Å²) in [6, 6.07) is 10.1. The molecule has 8 atom stereocenters. The van der Waals surface area contributed by atoms with Crippen LogP contribution in [0.3, 0.4) is 0 Å². The van der Waals surface area contributed by atoms with Gasteiger partial charge in [-0.3, -0.25) is 0 Å². The van der Waals surface area contributed by atoms with Crippen LogP contribution in [0.2, 0.25) is 49.9 Å². The van der Waals surface area contributed by atoms with Gasteiger partial charge < -0.3 is 42.1 Å². The van der Waals surface area contributed by atoms with E-state index in [1.54, 1.807) is 0 Å². The Morgan fingerprint density at radius 3 is 1.55 bits per heavy atom. The first-order chi connectivity index (χ1) is 27.8. The highest BCUT2D eigenvalue weighted by molar-refractivity contribution is 6.78. The average molecular weight is 893 g/mol. The van der Waals surface area contributed by atoms with Crippen LogP contribution in [0.25, 0.3) is 0 Å². The van der Waals surface area contributed by atoms with Crippen molar-refractivity contribution >= 4 is 25.0 Å². The first-order valence-electron chi connectivity index (χ1n) is 23.5. The number of rotatable bonds is 21. The lowest BCUT2D eigenvalue weighted by Crippen LogP contribution is -2.62. The lowest BCUT2D eigenvalue weighted by molar-refractivity contribution is -0.231. The van der Waals surface area contributed by atoms with Gasteiger partial charge in [-0.1, -0.05) is 155 Å². The van der Waals surface area contributed by atoms with Crippen molar-refractivity contribution in [1.82, 2.24) is 0 Å². The van der Waals surface area contributed by atoms with Gasteiger partial charge in [0.25, 0.3) is 0 Å². The van der Waals surface area contributed by atoms with E-state index in [0.29, 0.717) is 68.8 Å². The number of ether oxygens (including phenoxy) is 5. The molecule has 60 heavy (non-hydrogen) atoms. The zero-order valence-corrected chi connectivity index (χ0v) is 44.4. The molecule has 0 aliphatic carbocycles. The van der Waals surface area contributed by atoms with Crippen molar-refractivity contribution in [3.05, 3.63) is 47.7 Å². The Hall–Kier alpha value is -0.909. The van der Waals surface area contributed by atoms with Gasteiger partial charge in [0.2, 0.25) is 25.0 Å². The molecular weight excluding hydrogens is 805 g/mol. The van der Waals surface area contributed by atoms with Crippen molar-refractivity contribution in [3.8, 4) is 0 Å². The minimum atomic E-state index is -2.53. The maximum Gasteiger partial charge on any atom is 0.201 e. The zero-order chi connectivity index (χ0) is 45.3. The summed E-state index contributed by atoms with van der Waals surface area (Å²) >= 11 is 0. The summed E-state index contributed by atoms with van der Waals surface area (Å²) in [5, 5.41) is 12.7. The highest BCUT2D eigenvalue weighted by Gasteiger charge is 2.60. The van der Waals surface area contributed by atoms with E-state index in [-0.39, 0.29) is 0 Å². The third-order valence-electron chi connectivity index (χ3n) is 14.5. The monoisotopic (exact) mass is 893 g/mol. The van der Waals surface area contributed by atoms with Gasteiger partial charge in [0.1, 0.15) is 42.4 Å². The minimum Gasteiger partial charge on any atom is -0.487 e. The third-order valence-corrected chi connectivity index (χ3v) is 32.8. The molecule has 0 unspecified atom stereocenters. The van der Waals surface area contributed by atoms with Gasteiger partial charge in [-0.05, 0) is 75.4 Å². The van der Waals surface area contributed by atoms with Crippen LogP contribution >= 0.6 is 0 Å². The normalized spacial score (nSPS) is 27.1. The lowest BCUT2D eigenvalue weighted by atomic mass is 9.98. The average Bonchev–Trinajstić information content (AvgIpc) is 3.62. The topological polar surface area (TPSA) is 94.1 Å². The molecule has 1 aromatic carbocycles. The summed E-state index contributed by atoms with van der Waals surface area (Å²) in [6.07, 6.45) is -3.40. The SMILES string of the molecule is CC(C)[Si](OC[C@H]1OC([C@H](O)[C@H]2O[C@@H]3OC(C)(C)O[C@@H]3[C@H]2OCc2ccccc2)=C[C@@H](O[Si](C(C)C)(C(C)C)C(C)C)[C@@H]1O[Si](C(C)C)(C(C)C)C(C)C)(C(C)C)C(C)C. The highest BCUT2D eigenvalue weighted by atomic mass is 28.4. The van der Waals surface area contributed by atoms with Gasteiger partial charge in [-0.15, -0.1) is 0 Å². The summed E-state index contributed by atoms with van der Waals surface area (Å²) in [6.45, 7) is 46.3. The van der Waals surface area contributed by atoms with Gasteiger partial charge in [0.15, 0.2) is 12.1 Å². The van der Waals surface area contributed by atoms with E-state index in [1.807, 2.05) is 50.3 Å². The van der Waals surface area contributed by atoms with Crippen LogP contribution < -0.4 is 0 Å². The van der Waals surface area contributed by atoms with Crippen LogP contribution in [-0.4, -0.2) is 91.5 Å². The number of fused-ring (bicyclic) bond motifs is 1. The fraction of sp³-hybridized carbons (Fsp3) is 0.833. The smallest absolute Gasteiger partial charge is 0.201 e. The number of aliphatic hydroxyl groups is 1. The molecule has 2 saturated heterocycles. The molecule has 1 aromatic rings. The standard InChI is InChI=1S/C48H88O9Si3/c1-29(2)58(30(3)4,31(5)6)51-28-41-43(57-60(35(13)14,36(15)16)37(17)18)40(56-59(32(7)8,33(9)10)34(11)12)26-39(52-41)42(49)44-45(50-27-38-24-22-21-23-25-38)46-47(53-44)55-48(19,20)54-46/h21-26,29-37,40-47,49H,27-28H2,1-20H3/t40-,41-,42+,43+,44-,45+,46-,47-/m1/s1. The molecule has 4 rings (SSSR count). The van der Waals surface area contributed by atoms with Gasteiger partial charge in [-0.25, -0.2) is 0 Å². The number of aliphatic hydroxyl groups excluding tert-OH is 1. The summed E-state index contributed by atoms with van der Waals surface area (Å²) in [5.41, 5.74) is 4.16. The molecule has 2 fully saturated rings. The molecule has 0 aromatic heterocycles. The first-order valence-corrected chi connectivity index (χ1v) is 29.9. The van der Waals surface area contributed by atoms with E-state index in [4.69, 9.17) is 37.0 Å². The second kappa shape index (κ2) is 20.5. The molecule has 9 nitrogen and oxygen atoms in total. The second-order valence-electron chi connectivity index (χ2n) is 21.4. The van der Waals surface area contributed by atoms with E-state index in [1.165, 1.54) is 0 Å². The fourth-order valence-electron chi connectivity index (χ4n) is 12.2. The van der Waals surface area contributed by atoms with E-state index in [2.05, 4.69) is 125 Å². The Bertz CT molecular complexity index is 1450. The van der Waals surface area contributed by atoms with E-state index in [0.717, 1.165) is 5.56 Å². The van der Waals surface area contributed by atoms with Crippen molar-refractivity contribution in [3.63, 3.8) is 0 Å². The van der Waals surface area contributed by atoms with Crippen LogP contribution in [0.1, 0.15) is 144 Å². The van der Waals surface area contributed by atoms with Gasteiger partial charge in [-0.2, -0.15) is 0 Å². The highest BCUT2D eigenvalue weighted by Crippen LogP contribution is 2.50. The molecule has 3 heterocycles. The largest absolute Gasteiger partial charge is 0.487 e. The van der Waals surface area contributed by atoms with Gasteiger partial charge in [0, 0.05) is 0 Å². The Morgan fingerprint density at radius 2 is 1.08 bits per heavy atom. The lowest BCUT2D eigenvalue weighted by Gasteiger charge is -2.52. The molecule has 12 heteroatoms. The quantitative estimate of drug-likeness (QED) is 0.121. The maximum atomic E-state index is 12.7. The Labute approximate surface area is 369 Å². The van der Waals surface area contributed by atoms with E-state index in [9.17, 15) is 5.11 Å². The van der Waals surface area contributed by atoms with Crippen LogP contribution in [0.5, 0.6) is 0 Å². The predicted molar refractivity (Wildman–Crippen MR) is 252 cm³/mol. The van der Waals surface area contributed by atoms with Gasteiger partial charge in [0.05, 0.1) is 19.3 Å². The second-order valence-corrected chi connectivity index (χ2v) is 37.7. The van der Waals surface area contributed by atoms with Crippen molar-refractivity contribution < 1.29 is 42.1 Å². The Balaban J connectivity index is 1.92. The minimum absolute atomic E-state index is 0.326. The summed E-state index contributed by atoms with van der Waals surface area (Å²) in [5.74, 6) is -0.453. The van der Waals surface area contributed by atoms with Crippen molar-refractivity contribution in [2.24, 2.45) is 0 Å². The maximum absolute atomic E-state index is 12.7. The third kappa shape index (κ3) is 10.3. The van der Waals surface area contributed by atoms with Crippen molar-refractivity contribution in [2.75, 3.05) is 6.61 Å². The molecular formula is C48H88O9Si3. The van der Waals surface area contributed by atoms with E-state index < -0.39 is 79.8 Å². The molecule has 346 valence electrons.